The largest absolute Gasteiger partial charge is 0.326 e. The molecule has 0 aliphatic heterocycles. The zero-order chi connectivity index (χ0) is 10.7. The Morgan fingerprint density at radius 3 is 2.50 bits per heavy atom. The molecule has 1 aromatic carbocycles. The summed E-state index contributed by atoms with van der Waals surface area (Å²) in [5.74, 6) is -0.0190. The first kappa shape index (κ1) is 11.1. The summed E-state index contributed by atoms with van der Waals surface area (Å²) in [5.41, 5.74) is 3.20. The molecular weight excluding hydrogens is 194 g/mol. The van der Waals surface area contributed by atoms with E-state index in [4.69, 9.17) is 0 Å². The van der Waals surface area contributed by atoms with Gasteiger partial charge in [-0.15, -0.1) is 11.8 Å². The van der Waals surface area contributed by atoms with Crippen LogP contribution in [0.2, 0.25) is 0 Å². The maximum Gasteiger partial charge on any atom is 0.221 e. The number of rotatable bonds is 2. The van der Waals surface area contributed by atoms with Gasteiger partial charge in [-0.3, -0.25) is 4.79 Å². The molecule has 1 aromatic rings. The molecule has 76 valence electrons. The number of carbonyl (C=O) groups excluding carboxylic acids is 1. The lowest BCUT2D eigenvalue weighted by Crippen LogP contribution is -2.09. The van der Waals surface area contributed by atoms with Gasteiger partial charge in [0.05, 0.1) is 0 Å². The van der Waals surface area contributed by atoms with E-state index in [1.54, 1.807) is 11.8 Å². The smallest absolute Gasteiger partial charge is 0.221 e. The van der Waals surface area contributed by atoms with Gasteiger partial charge in [0, 0.05) is 17.5 Å². The Morgan fingerprint density at radius 1 is 1.36 bits per heavy atom. The molecule has 0 aliphatic carbocycles. The number of amides is 1. The van der Waals surface area contributed by atoms with E-state index in [0.29, 0.717) is 0 Å². The van der Waals surface area contributed by atoms with Crippen molar-refractivity contribution in [2.75, 3.05) is 11.6 Å². The number of carbonyl (C=O) groups is 1. The Labute approximate surface area is 89.1 Å². The number of nitrogens with one attached hydrogen (secondary N) is 1. The average molecular weight is 209 g/mol. The van der Waals surface area contributed by atoms with Crippen LogP contribution in [0.25, 0.3) is 0 Å². The maximum absolute atomic E-state index is 11.0. The Morgan fingerprint density at radius 2 is 2.00 bits per heavy atom. The fourth-order valence-electron chi connectivity index (χ4n) is 1.42. The summed E-state index contributed by atoms with van der Waals surface area (Å²) in [6, 6.07) is 4.12. The van der Waals surface area contributed by atoms with Crippen molar-refractivity contribution in [1.29, 1.82) is 0 Å². The maximum atomic E-state index is 11.0. The number of hydrogen-bond acceptors (Lipinski definition) is 2. The zero-order valence-electron chi connectivity index (χ0n) is 8.97. The Kier molecular flexibility index (Phi) is 3.58. The van der Waals surface area contributed by atoms with Crippen molar-refractivity contribution in [3.05, 3.63) is 23.3 Å². The van der Waals surface area contributed by atoms with Crippen molar-refractivity contribution in [2.24, 2.45) is 0 Å². The van der Waals surface area contributed by atoms with Crippen LogP contribution in [-0.4, -0.2) is 12.2 Å². The lowest BCUT2D eigenvalue weighted by molar-refractivity contribution is -0.114. The Hall–Kier alpha value is -0.960. The fraction of sp³-hybridized carbons (Fsp3) is 0.364. The van der Waals surface area contributed by atoms with E-state index in [1.165, 1.54) is 11.8 Å². The van der Waals surface area contributed by atoms with Crippen molar-refractivity contribution in [1.82, 2.24) is 0 Å². The van der Waals surface area contributed by atoms with E-state index < -0.39 is 0 Å². The van der Waals surface area contributed by atoms with Crippen LogP contribution in [0.3, 0.4) is 0 Å². The van der Waals surface area contributed by atoms with E-state index in [1.807, 2.05) is 26.2 Å². The van der Waals surface area contributed by atoms with Crippen LogP contribution in [0.15, 0.2) is 17.0 Å². The highest BCUT2D eigenvalue weighted by molar-refractivity contribution is 7.98. The third kappa shape index (κ3) is 2.29. The van der Waals surface area contributed by atoms with Crippen molar-refractivity contribution in [3.8, 4) is 0 Å². The van der Waals surface area contributed by atoms with E-state index in [9.17, 15) is 4.79 Å². The number of benzene rings is 1. The standard InChI is InChI=1S/C11H15NOS/c1-7-5-6-10(14-4)8(2)11(7)12-9(3)13/h5-6H,1-4H3,(H,12,13). The van der Waals surface area contributed by atoms with Gasteiger partial charge in [0.1, 0.15) is 0 Å². The lowest BCUT2D eigenvalue weighted by atomic mass is 10.1. The molecule has 0 radical (unpaired) electrons. The van der Waals surface area contributed by atoms with Gasteiger partial charge in [0.2, 0.25) is 5.91 Å². The minimum Gasteiger partial charge on any atom is -0.326 e. The lowest BCUT2D eigenvalue weighted by Gasteiger charge is -2.12. The van der Waals surface area contributed by atoms with Gasteiger partial charge in [0.15, 0.2) is 0 Å². The van der Waals surface area contributed by atoms with Crippen LogP contribution in [0.4, 0.5) is 5.69 Å². The van der Waals surface area contributed by atoms with Crippen molar-refractivity contribution in [3.63, 3.8) is 0 Å². The predicted octanol–water partition coefficient (Wildman–Crippen LogP) is 2.98. The highest BCUT2D eigenvalue weighted by Gasteiger charge is 2.07. The SMILES string of the molecule is CSc1ccc(C)c(NC(C)=O)c1C. The molecular formula is C11H15NOS. The number of anilines is 1. The second-order valence-electron chi connectivity index (χ2n) is 3.27. The van der Waals surface area contributed by atoms with Gasteiger partial charge in [0.25, 0.3) is 0 Å². The molecule has 0 spiro atoms. The molecule has 0 bridgehead atoms. The van der Waals surface area contributed by atoms with Crippen LogP contribution in [0.1, 0.15) is 18.1 Å². The number of aryl methyl sites for hydroxylation is 1. The molecule has 2 nitrogen and oxygen atoms in total. The molecule has 1 rings (SSSR count). The van der Waals surface area contributed by atoms with Crippen molar-refractivity contribution < 1.29 is 4.79 Å². The average Bonchev–Trinajstić information content (AvgIpc) is 2.12. The van der Waals surface area contributed by atoms with Crippen molar-refractivity contribution >= 4 is 23.4 Å². The van der Waals surface area contributed by atoms with E-state index in [2.05, 4.69) is 11.4 Å². The fourth-order valence-corrected chi connectivity index (χ4v) is 2.03. The molecule has 14 heavy (non-hydrogen) atoms. The molecule has 0 fully saturated rings. The molecule has 0 heterocycles. The van der Waals surface area contributed by atoms with Gasteiger partial charge < -0.3 is 5.32 Å². The number of hydrogen-bond donors (Lipinski definition) is 1. The summed E-state index contributed by atoms with van der Waals surface area (Å²) in [6.45, 7) is 5.57. The van der Waals surface area contributed by atoms with Crippen LogP contribution < -0.4 is 5.32 Å². The number of thioether (sulfide) groups is 1. The molecule has 3 heteroatoms. The third-order valence-electron chi connectivity index (χ3n) is 2.14. The quantitative estimate of drug-likeness (QED) is 0.759. The highest BCUT2D eigenvalue weighted by Crippen LogP contribution is 2.29. The van der Waals surface area contributed by atoms with Crippen LogP contribution in [0, 0.1) is 13.8 Å². The highest BCUT2D eigenvalue weighted by atomic mass is 32.2. The first-order valence-electron chi connectivity index (χ1n) is 4.48. The first-order valence-corrected chi connectivity index (χ1v) is 5.70. The van der Waals surface area contributed by atoms with Crippen LogP contribution in [0.5, 0.6) is 0 Å². The van der Waals surface area contributed by atoms with Crippen LogP contribution >= 0.6 is 11.8 Å². The molecule has 0 saturated heterocycles. The van der Waals surface area contributed by atoms with Gasteiger partial charge >= 0.3 is 0 Å². The summed E-state index contributed by atoms with van der Waals surface area (Å²) in [5, 5.41) is 2.86. The van der Waals surface area contributed by atoms with E-state index >= 15 is 0 Å². The molecule has 1 amide bonds. The van der Waals surface area contributed by atoms with Gasteiger partial charge in [-0.05, 0) is 37.3 Å². The summed E-state index contributed by atoms with van der Waals surface area (Å²) in [4.78, 5) is 12.2. The summed E-state index contributed by atoms with van der Waals surface area (Å²) < 4.78 is 0. The predicted molar refractivity (Wildman–Crippen MR) is 62.0 cm³/mol. The van der Waals surface area contributed by atoms with Gasteiger partial charge in [-0.25, -0.2) is 0 Å². The summed E-state index contributed by atoms with van der Waals surface area (Å²) in [7, 11) is 0. The Bertz CT molecular complexity index is 361. The minimum atomic E-state index is -0.0190. The van der Waals surface area contributed by atoms with Gasteiger partial charge in [-0.2, -0.15) is 0 Å². The molecule has 0 atom stereocenters. The normalized spacial score (nSPS) is 10.0. The topological polar surface area (TPSA) is 29.1 Å². The Balaban J connectivity index is 3.18. The van der Waals surface area contributed by atoms with E-state index in [-0.39, 0.29) is 5.91 Å². The summed E-state index contributed by atoms with van der Waals surface area (Å²) in [6.07, 6.45) is 2.04. The second kappa shape index (κ2) is 4.51. The first-order chi connectivity index (χ1) is 6.56. The van der Waals surface area contributed by atoms with Crippen molar-refractivity contribution in [2.45, 2.75) is 25.7 Å². The zero-order valence-corrected chi connectivity index (χ0v) is 9.79. The van der Waals surface area contributed by atoms with Gasteiger partial charge in [-0.1, -0.05) is 6.07 Å². The monoisotopic (exact) mass is 209 g/mol. The molecule has 1 N–H and O–H groups in total. The molecule has 0 aliphatic rings. The molecule has 0 aromatic heterocycles. The van der Waals surface area contributed by atoms with Crippen LogP contribution in [-0.2, 0) is 4.79 Å². The van der Waals surface area contributed by atoms with E-state index in [0.717, 1.165) is 16.8 Å². The molecule has 0 saturated carbocycles. The molecule has 0 unspecified atom stereocenters. The minimum absolute atomic E-state index is 0.0190. The summed E-state index contributed by atoms with van der Waals surface area (Å²) >= 11 is 1.69. The second-order valence-corrected chi connectivity index (χ2v) is 4.11. The third-order valence-corrected chi connectivity index (χ3v) is 3.03.